The summed E-state index contributed by atoms with van der Waals surface area (Å²) < 4.78 is 0. The lowest BCUT2D eigenvalue weighted by Crippen LogP contribution is -2.14. The second-order valence-electron chi connectivity index (χ2n) is 3.63. The number of hydrogen-bond acceptors (Lipinski definition) is 3. The quantitative estimate of drug-likeness (QED) is 0.865. The molecule has 4 heteroatoms. The Balaban J connectivity index is 2.59. The van der Waals surface area contributed by atoms with Gasteiger partial charge in [-0.25, -0.2) is 0 Å². The number of carbonyl (C=O) groups excluding carboxylic acids is 1. The van der Waals surface area contributed by atoms with Crippen molar-refractivity contribution in [2.75, 3.05) is 0 Å². The molecule has 0 saturated carbocycles. The molecular formula is C12H12N2OS. The largest absolute Gasteiger partial charge is 0.366 e. The summed E-state index contributed by atoms with van der Waals surface area (Å²) in [4.78, 5) is 16.7. The van der Waals surface area contributed by atoms with E-state index in [0.717, 1.165) is 16.1 Å². The molecule has 2 heterocycles. The van der Waals surface area contributed by atoms with Gasteiger partial charge in [0, 0.05) is 0 Å². The smallest absolute Gasteiger partial charge is 0.250 e. The van der Waals surface area contributed by atoms with E-state index in [1.807, 2.05) is 24.4 Å². The zero-order valence-electron chi connectivity index (χ0n) is 9.15. The number of rotatable bonds is 2. The predicted octanol–water partition coefficient (Wildman–Crippen LogP) is 2.53. The van der Waals surface area contributed by atoms with Crippen molar-refractivity contribution in [2.45, 2.75) is 13.8 Å². The third-order valence-electron chi connectivity index (χ3n) is 2.42. The molecule has 0 aliphatic rings. The fraction of sp³-hybridized carbons (Fsp3) is 0.167. The lowest BCUT2D eigenvalue weighted by Gasteiger charge is -2.07. The Morgan fingerprint density at radius 2 is 2.19 bits per heavy atom. The van der Waals surface area contributed by atoms with Crippen molar-refractivity contribution >= 4 is 17.2 Å². The Bertz CT molecular complexity index is 532. The van der Waals surface area contributed by atoms with Gasteiger partial charge in [0.2, 0.25) is 0 Å². The molecule has 0 aliphatic carbocycles. The number of pyridine rings is 1. The summed E-state index contributed by atoms with van der Waals surface area (Å²) in [6, 6.07) is 5.81. The predicted molar refractivity (Wildman–Crippen MR) is 65.5 cm³/mol. The maximum Gasteiger partial charge on any atom is 0.250 e. The minimum Gasteiger partial charge on any atom is -0.366 e. The van der Waals surface area contributed by atoms with Crippen molar-refractivity contribution in [1.29, 1.82) is 0 Å². The first-order valence-corrected chi connectivity index (χ1v) is 5.79. The lowest BCUT2D eigenvalue weighted by molar-refractivity contribution is 0.0999. The van der Waals surface area contributed by atoms with Crippen LogP contribution in [0.3, 0.4) is 0 Å². The third kappa shape index (κ3) is 1.84. The molecule has 3 nitrogen and oxygen atoms in total. The van der Waals surface area contributed by atoms with Gasteiger partial charge in [-0.2, -0.15) is 0 Å². The zero-order chi connectivity index (χ0) is 11.7. The number of nitrogens with zero attached hydrogens (tertiary/aromatic N) is 1. The standard InChI is InChI=1S/C12H12N2OS/c1-7-6-9(12(13)15)8(2)14-11(7)10-4-3-5-16-10/h3-6H,1-2H3,(H2,13,15). The van der Waals surface area contributed by atoms with E-state index < -0.39 is 5.91 Å². The van der Waals surface area contributed by atoms with Crippen LogP contribution in [0.5, 0.6) is 0 Å². The van der Waals surface area contributed by atoms with Gasteiger partial charge in [0.25, 0.3) is 5.91 Å². The lowest BCUT2D eigenvalue weighted by atomic mass is 10.1. The molecule has 1 amide bonds. The van der Waals surface area contributed by atoms with Gasteiger partial charge in [0.15, 0.2) is 0 Å². The Hall–Kier alpha value is -1.68. The van der Waals surface area contributed by atoms with Crippen LogP contribution in [0.4, 0.5) is 0 Å². The minimum atomic E-state index is -0.425. The number of hydrogen-bond donors (Lipinski definition) is 1. The van der Waals surface area contributed by atoms with Gasteiger partial charge in [0.05, 0.1) is 21.8 Å². The summed E-state index contributed by atoms with van der Waals surface area (Å²) in [5.41, 5.74) is 8.36. The molecular weight excluding hydrogens is 220 g/mol. The molecule has 2 aromatic rings. The molecule has 0 saturated heterocycles. The van der Waals surface area contributed by atoms with E-state index in [1.54, 1.807) is 24.3 Å². The average Bonchev–Trinajstić information content (AvgIpc) is 2.73. The summed E-state index contributed by atoms with van der Waals surface area (Å²) in [5, 5.41) is 2.01. The Morgan fingerprint density at radius 3 is 2.75 bits per heavy atom. The number of aryl methyl sites for hydroxylation is 2. The molecule has 0 bridgehead atoms. The molecule has 0 aromatic carbocycles. The average molecular weight is 232 g/mol. The second-order valence-corrected chi connectivity index (χ2v) is 4.58. The first-order valence-electron chi connectivity index (χ1n) is 4.91. The number of thiophene rings is 1. The first-order chi connectivity index (χ1) is 7.59. The maximum atomic E-state index is 11.2. The Kier molecular flexibility index (Phi) is 2.75. The van der Waals surface area contributed by atoms with E-state index >= 15 is 0 Å². The highest BCUT2D eigenvalue weighted by molar-refractivity contribution is 7.13. The normalized spacial score (nSPS) is 10.4. The van der Waals surface area contributed by atoms with Crippen LogP contribution < -0.4 is 5.73 Å². The van der Waals surface area contributed by atoms with Crippen LogP contribution in [0.2, 0.25) is 0 Å². The molecule has 0 unspecified atom stereocenters. The molecule has 82 valence electrons. The maximum absolute atomic E-state index is 11.2. The van der Waals surface area contributed by atoms with Crippen molar-refractivity contribution in [1.82, 2.24) is 4.98 Å². The summed E-state index contributed by atoms with van der Waals surface area (Å²) in [6.07, 6.45) is 0. The zero-order valence-corrected chi connectivity index (χ0v) is 9.97. The molecule has 0 fully saturated rings. The van der Waals surface area contributed by atoms with Crippen LogP contribution in [-0.4, -0.2) is 10.9 Å². The molecule has 2 N–H and O–H groups in total. The van der Waals surface area contributed by atoms with E-state index in [9.17, 15) is 4.79 Å². The van der Waals surface area contributed by atoms with Crippen molar-refractivity contribution < 1.29 is 4.79 Å². The van der Waals surface area contributed by atoms with Gasteiger partial charge in [-0.15, -0.1) is 11.3 Å². The van der Waals surface area contributed by atoms with Gasteiger partial charge in [-0.3, -0.25) is 9.78 Å². The van der Waals surface area contributed by atoms with Gasteiger partial charge >= 0.3 is 0 Å². The fourth-order valence-electron chi connectivity index (χ4n) is 1.62. The first kappa shape index (κ1) is 10.8. The highest BCUT2D eigenvalue weighted by Gasteiger charge is 2.11. The summed E-state index contributed by atoms with van der Waals surface area (Å²) in [6.45, 7) is 3.74. The summed E-state index contributed by atoms with van der Waals surface area (Å²) in [7, 11) is 0. The van der Waals surface area contributed by atoms with Crippen molar-refractivity contribution in [2.24, 2.45) is 5.73 Å². The van der Waals surface area contributed by atoms with Crippen LogP contribution in [0.25, 0.3) is 10.6 Å². The van der Waals surface area contributed by atoms with E-state index in [2.05, 4.69) is 4.98 Å². The third-order valence-corrected chi connectivity index (χ3v) is 3.30. The van der Waals surface area contributed by atoms with Crippen molar-refractivity contribution in [3.05, 3.63) is 40.4 Å². The van der Waals surface area contributed by atoms with E-state index in [1.165, 1.54) is 0 Å². The Morgan fingerprint density at radius 1 is 1.44 bits per heavy atom. The molecule has 0 radical (unpaired) electrons. The molecule has 16 heavy (non-hydrogen) atoms. The van der Waals surface area contributed by atoms with E-state index in [-0.39, 0.29) is 0 Å². The highest BCUT2D eigenvalue weighted by atomic mass is 32.1. The second kappa shape index (κ2) is 4.06. The fourth-order valence-corrected chi connectivity index (χ4v) is 2.40. The van der Waals surface area contributed by atoms with Crippen LogP contribution in [0.15, 0.2) is 23.6 Å². The molecule has 2 rings (SSSR count). The topological polar surface area (TPSA) is 56.0 Å². The van der Waals surface area contributed by atoms with Crippen molar-refractivity contribution in [3.8, 4) is 10.6 Å². The van der Waals surface area contributed by atoms with Gasteiger partial charge in [0.1, 0.15) is 0 Å². The van der Waals surface area contributed by atoms with E-state index in [4.69, 9.17) is 5.73 Å². The number of amides is 1. The van der Waals surface area contributed by atoms with Crippen LogP contribution >= 0.6 is 11.3 Å². The monoisotopic (exact) mass is 232 g/mol. The molecule has 0 atom stereocenters. The van der Waals surface area contributed by atoms with Gasteiger partial charge in [-0.05, 0) is 36.9 Å². The number of aromatic nitrogens is 1. The van der Waals surface area contributed by atoms with Crippen molar-refractivity contribution in [3.63, 3.8) is 0 Å². The van der Waals surface area contributed by atoms with Crippen LogP contribution in [-0.2, 0) is 0 Å². The Labute approximate surface area is 97.9 Å². The number of primary amides is 1. The molecule has 0 spiro atoms. The number of carbonyl (C=O) groups is 1. The van der Waals surface area contributed by atoms with Crippen LogP contribution in [0, 0.1) is 13.8 Å². The number of nitrogens with two attached hydrogens (primary N) is 1. The van der Waals surface area contributed by atoms with E-state index in [0.29, 0.717) is 11.3 Å². The van der Waals surface area contributed by atoms with Crippen LogP contribution in [0.1, 0.15) is 21.6 Å². The van der Waals surface area contributed by atoms with Gasteiger partial charge < -0.3 is 5.73 Å². The van der Waals surface area contributed by atoms with Gasteiger partial charge in [-0.1, -0.05) is 6.07 Å². The molecule has 0 aliphatic heterocycles. The minimum absolute atomic E-state index is 0.425. The molecule has 2 aromatic heterocycles. The SMILES string of the molecule is Cc1cc(C(N)=O)c(C)nc1-c1cccs1. The summed E-state index contributed by atoms with van der Waals surface area (Å²) >= 11 is 1.63. The highest BCUT2D eigenvalue weighted by Crippen LogP contribution is 2.27. The summed E-state index contributed by atoms with van der Waals surface area (Å²) in [5.74, 6) is -0.425.